The van der Waals surface area contributed by atoms with Crippen molar-refractivity contribution in [1.29, 1.82) is 0 Å². The molecule has 1 amide bonds. The molecule has 0 aliphatic carbocycles. The lowest BCUT2D eigenvalue weighted by Gasteiger charge is -2.26. The van der Waals surface area contributed by atoms with Crippen LogP contribution in [0.5, 0.6) is 0 Å². The third-order valence-corrected chi connectivity index (χ3v) is 5.71. The van der Waals surface area contributed by atoms with Gasteiger partial charge in [0, 0.05) is 19.6 Å². The summed E-state index contributed by atoms with van der Waals surface area (Å²) >= 11 is 8.70. The Bertz CT molecular complexity index is 690. The maximum Gasteiger partial charge on any atom is 0.252 e. The molecule has 2 nitrogen and oxygen atoms in total. The fourth-order valence-corrected chi connectivity index (χ4v) is 4.75. The number of fused-ring (bicyclic) bond motifs is 1. The van der Waals surface area contributed by atoms with E-state index in [9.17, 15) is 4.79 Å². The number of carbonyl (C=O) groups excluding carboxylic acids is 1. The molecule has 1 aliphatic rings. The zero-order valence-corrected chi connectivity index (χ0v) is 15.1. The second-order valence-electron chi connectivity index (χ2n) is 4.83. The smallest absolute Gasteiger partial charge is 0.252 e. The fraction of sp³-hybridized carbons (Fsp3) is 0.188. The van der Waals surface area contributed by atoms with Crippen LogP contribution in [0.25, 0.3) is 0 Å². The molecule has 1 N–H and O–H groups in total. The van der Waals surface area contributed by atoms with E-state index in [1.807, 2.05) is 42.1 Å². The molecule has 0 aromatic heterocycles. The van der Waals surface area contributed by atoms with Crippen LogP contribution in [0, 0.1) is 0 Å². The highest BCUT2D eigenvalue weighted by Gasteiger charge is 2.23. The summed E-state index contributed by atoms with van der Waals surface area (Å²) in [6.45, 7) is 0. The van der Waals surface area contributed by atoms with Gasteiger partial charge in [0.1, 0.15) is 0 Å². The topological polar surface area (TPSA) is 29.1 Å². The van der Waals surface area contributed by atoms with Crippen molar-refractivity contribution in [2.75, 3.05) is 5.75 Å². The summed E-state index contributed by atoms with van der Waals surface area (Å²) < 4.78 is 1.75. The Balaban J connectivity index is 1.83. The molecule has 0 bridgehead atoms. The molecule has 0 saturated heterocycles. The van der Waals surface area contributed by atoms with Crippen molar-refractivity contribution in [1.82, 2.24) is 5.32 Å². The zero-order valence-electron chi connectivity index (χ0n) is 11.1. The summed E-state index contributed by atoms with van der Waals surface area (Å²) in [5, 5.41) is 3.15. The Morgan fingerprint density at radius 3 is 2.81 bits per heavy atom. The minimum Gasteiger partial charge on any atom is -0.345 e. The van der Waals surface area contributed by atoms with Gasteiger partial charge in [-0.1, -0.05) is 34.1 Å². The number of benzene rings is 2. The van der Waals surface area contributed by atoms with Crippen LogP contribution >= 0.6 is 43.6 Å². The maximum atomic E-state index is 12.5. The van der Waals surface area contributed by atoms with Crippen LogP contribution < -0.4 is 5.32 Å². The van der Waals surface area contributed by atoms with E-state index in [1.165, 1.54) is 10.5 Å². The van der Waals surface area contributed by atoms with Crippen molar-refractivity contribution in [3.63, 3.8) is 0 Å². The quantitative estimate of drug-likeness (QED) is 0.716. The molecule has 2 aromatic carbocycles. The molecule has 108 valence electrons. The van der Waals surface area contributed by atoms with Gasteiger partial charge in [-0.05, 0) is 52.2 Å². The number of rotatable bonds is 2. The number of amides is 1. The van der Waals surface area contributed by atoms with Gasteiger partial charge in [0.2, 0.25) is 0 Å². The van der Waals surface area contributed by atoms with Crippen LogP contribution in [-0.4, -0.2) is 11.7 Å². The van der Waals surface area contributed by atoms with E-state index < -0.39 is 0 Å². The minimum atomic E-state index is -0.0407. The van der Waals surface area contributed by atoms with Crippen molar-refractivity contribution in [2.45, 2.75) is 17.4 Å². The number of nitrogens with one attached hydrogen (secondary N) is 1. The first-order chi connectivity index (χ1) is 10.1. The predicted octanol–water partition coefficient (Wildman–Crippen LogP) is 5.18. The van der Waals surface area contributed by atoms with Gasteiger partial charge >= 0.3 is 0 Å². The largest absolute Gasteiger partial charge is 0.345 e. The number of carbonyl (C=O) groups is 1. The van der Waals surface area contributed by atoms with Crippen LogP contribution in [0.15, 0.2) is 56.3 Å². The van der Waals surface area contributed by atoms with Gasteiger partial charge in [-0.2, -0.15) is 0 Å². The van der Waals surface area contributed by atoms with Crippen molar-refractivity contribution in [2.24, 2.45) is 0 Å². The summed E-state index contributed by atoms with van der Waals surface area (Å²) in [5.41, 5.74) is 1.88. The van der Waals surface area contributed by atoms with Crippen LogP contribution in [0.3, 0.4) is 0 Å². The van der Waals surface area contributed by atoms with E-state index in [0.29, 0.717) is 5.56 Å². The maximum absolute atomic E-state index is 12.5. The molecule has 3 rings (SSSR count). The third kappa shape index (κ3) is 3.35. The molecule has 1 unspecified atom stereocenters. The van der Waals surface area contributed by atoms with Gasteiger partial charge in [0.05, 0.1) is 11.6 Å². The molecule has 0 spiro atoms. The monoisotopic (exact) mass is 425 g/mol. The number of hydrogen-bond acceptors (Lipinski definition) is 2. The first-order valence-electron chi connectivity index (χ1n) is 6.63. The summed E-state index contributed by atoms with van der Waals surface area (Å²) in [6.07, 6.45) is 0.960. The van der Waals surface area contributed by atoms with Gasteiger partial charge in [-0.15, -0.1) is 11.8 Å². The van der Waals surface area contributed by atoms with E-state index in [-0.39, 0.29) is 11.9 Å². The fourth-order valence-electron chi connectivity index (χ4n) is 2.40. The summed E-state index contributed by atoms with van der Waals surface area (Å²) in [5.74, 6) is 0.991. The highest BCUT2D eigenvalue weighted by Crippen LogP contribution is 2.36. The van der Waals surface area contributed by atoms with Crippen LogP contribution in [0.2, 0.25) is 0 Å². The van der Waals surface area contributed by atoms with Crippen molar-refractivity contribution in [3.8, 4) is 0 Å². The number of halogens is 2. The van der Waals surface area contributed by atoms with E-state index in [1.54, 1.807) is 0 Å². The molecule has 2 aromatic rings. The van der Waals surface area contributed by atoms with Gasteiger partial charge in [0.25, 0.3) is 5.91 Å². The van der Waals surface area contributed by atoms with E-state index in [0.717, 1.165) is 21.1 Å². The summed E-state index contributed by atoms with van der Waals surface area (Å²) in [6, 6.07) is 14.0. The zero-order chi connectivity index (χ0) is 14.8. The lowest BCUT2D eigenvalue weighted by molar-refractivity contribution is 0.0934. The Morgan fingerprint density at radius 1 is 1.19 bits per heavy atom. The average Bonchev–Trinajstić information content (AvgIpc) is 2.47. The highest BCUT2D eigenvalue weighted by atomic mass is 79.9. The lowest BCUT2D eigenvalue weighted by atomic mass is 10.0. The average molecular weight is 427 g/mol. The SMILES string of the molecule is O=C(NC1CCSc2ccccc21)c1ccc(Br)cc1Br. The second-order valence-corrected chi connectivity index (χ2v) is 7.73. The molecule has 1 heterocycles. The molecule has 1 atom stereocenters. The predicted molar refractivity (Wildman–Crippen MR) is 93.8 cm³/mol. The van der Waals surface area contributed by atoms with Gasteiger partial charge in [-0.25, -0.2) is 0 Å². The Kier molecular flexibility index (Phi) is 4.72. The third-order valence-electron chi connectivity index (χ3n) is 3.44. The van der Waals surface area contributed by atoms with E-state index in [2.05, 4.69) is 49.3 Å². The van der Waals surface area contributed by atoms with Gasteiger partial charge in [0.15, 0.2) is 0 Å². The normalized spacial score (nSPS) is 17.1. The Morgan fingerprint density at radius 2 is 2.00 bits per heavy atom. The molecular weight excluding hydrogens is 414 g/mol. The summed E-state index contributed by atoms with van der Waals surface area (Å²) in [4.78, 5) is 13.8. The highest BCUT2D eigenvalue weighted by molar-refractivity contribution is 9.11. The Labute approximate surface area is 145 Å². The van der Waals surface area contributed by atoms with Gasteiger partial charge < -0.3 is 5.32 Å². The standard InChI is InChI=1S/C16H13Br2NOS/c17-10-5-6-11(13(18)9-10)16(20)19-14-7-8-21-15-4-2-1-3-12(14)15/h1-6,9,14H,7-8H2,(H,19,20). The molecule has 0 fully saturated rings. The first kappa shape index (κ1) is 15.1. The Hall–Kier alpha value is -0.780. The number of thioether (sulfide) groups is 1. The second kappa shape index (κ2) is 6.55. The molecule has 21 heavy (non-hydrogen) atoms. The molecule has 0 radical (unpaired) electrons. The van der Waals surface area contributed by atoms with E-state index in [4.69, 9.17) is 0 Å². The minimum absolute atomic E-state index is 0.0407. The molecule has 1 aliphatic heterocycles. The first-order valence-corrected chi connectivity index (χ1v) is 9.20. The van der Waals surface area contributed by atoms with Crippen molar-refractivity contribution in [3.05, 3.63) is 62.5 Å². The number of hydrogen-bond donors (Lipinski definition) is 1. The van der Waals surface area contributed by atoms with Gasteiger partial charge in [-0.3, -0.25) is 4.79 Å². The van der Waals surface area contributed by atoms with Crippen LogP contribution in [0.1, 0.15) is 28.4 Å². The van der Waals surface area contributed by atoms with Crippen molar-refractivity contribution < 1.29 is 4.79 Å². The van der Waals surface area contributed by atoms with Crippen LogP contribution in [-0.2, 0) is 0 Å². The van der Waals surface area contributed by atoms with Crippen LogP contribution in [0.4, 0.5) is 0 Å². The van der Waals surface area contributed by atoms with E-state index >= 15 is 0 Å². The molecular formula is C16H13Br2NOS. The van der Waals surface area contributed by atoms with Crippen molar-refractivity contribution >= 4 is 49.5 Å². The summed E-state index contributed by atoms with van der Waals surface area (Å²) in [7, 11) is 0. The lowest BCUT2D eigenvalue weighted by Crippen LogP contribution is -2.30. The molecule has 0 saturated carbocycles. The molecule has 5 heteroatoms.